The van der Waals surface area contributed by atoms with Crippen LogP contribution in [0.3, 0.4) is 0 Å². The minimum atomic E-state index is -3.60. The van der Waals surface area contributed by atoms with E-state index in [-0.39, 0.29) is 5.91 Å². The molecule has 0 aliphatic heterocycles. The molecule has 0 spiro atoms. The van der Waals surface area contributed by atoms with Gasteiger partial charge in [0.1, 0.15) is 6.04 Å². The van der Waals surface area contributed by atoms with Crippen LogP contribution in [-0.4, -0.2) is 26.6 Å². The number of anilines is 2. The summed E-state index contributed by atoms with van der Waals surface area (Å²) in [5, 5.41) is 2.83. The van der Waals surface area contributed by atoms with Gasteiger partial charge in [-0.25, -0.2) is 8.42 Å². The zero-order valence-corrected chi connectivity index (χ0v) is 15.1. The third kappa shape index (κ3) is 3.94. The molecule has 1 N–H and O–H groups in total. The van der Waals surface area contributed by atoms with Gasteiger partial charge in [-0.2, -0.15) is 0 Å². The number of hydrogen-bond donors (Lipinski definition) is 1. The molecule has 0 saturated carbocycles. The molecule has 0 radical (unpaired) electrons. The predicted octanol–water partition coefficient (Wildman–Crippen LogP) is 3.10. The first-order valence-corrected chi connectivity index (χ1v) is 9.48. The lowest BCUT2D eigenvalue weighted by Crippen LogP contribution is -2.45. The first-order chi connectivity index (χ1) is 11.2. The number of nitrogens with one attached hydrogen (secondary N) is 1. The fraction of sp³-hybridized carbons (Fsp3) is 0.278. The Morgan fingerprint density at radius 2 is 1.67 bits per heavy atom. The molecule has 1 amide bonds. The Morgan fingerprint density at radius 1 is 1.04 bits per heavy atom. The van der Waals surface area contributed by atoms with Crippen molar-refractivity contribution in [3.63, 3.8) is 0 Å². The van der Waals surface area contributed by atoms with E-state index in [1.807, 2.05) is 26.0 Å². The highest BCUT2D eigenvalue weighted by Gasteiger charge is 2.29. The Labute approximate surface area is 143 Å². The highest BCUT2D eigenvalue weighted by atomic mass is 32.2. The molecular weight excluding hydrogens is 324 g/mol. The molecule has 2 rings (SSSR count). The number of benzene rings is 2. The number of amides is 1. The number of carbonyl (C=O) groups is 1. The first kappa shape index (κ1) is 18.0. The van der Waals surface area contributed by atoms with E-state index in [0.29, 0.717) is 11.4 Å². The van der Waals surface area contributed by atoms with E-state index in [1.54, 1.807) is 43.3 Å². The van der Waals surface area contributed by atoms with Crippen molar-refractivity contribution in [3.8, 4) is 0 Å². The standard InChI is InChI=1S/C18H22N2O3S/c1-13-9-8-12-17(14(13)2)19-18(21)15(3)20(24(4,22)23)16-10-6-5-7-11-16/h5-12,15H,1-4H3,(H,19,21)/t15-/m0/s1. The van der Waals surface area contributed by atoms with Crippen molar-refractivity contribution in [1.29, 1.82) is 0 Å². The van der Waals surface area contributed by atoms with Crippen molar-refractivity contribution in [2.45, 2.75) is 26.8 Å². The summed E-state index contributed by atoms with van der Waals surface area (Å²) in [5.41, 5.74) is 3.17. The maximum Gasteiger partial charge on any atom is 0.248 e. The fourth-order valence-corrected chi connectivity index (χ4v) is 3.68. The van der Waals surface area contributed by atoms with Crippen LogP contribution in [0.15, 0.2) is 48.5 Å². The van der Waals surface area contributed by atoms with Crippen LogP contribution in [0.25, 0.3) is 0 Å². The van der Waals surface area contributed by atoms with E-state index < -0.39 is 16.1 Å². The molecule has 0 aromatic heterocycles. The second kappa shape index (κ2) is 7.05. The monoisotopic (exact) mass is 346 g/mol. The van der Waals surface area contributed by atoms with Gasteiger partial charge in [0.15, 0.2) is 0 Å². The van der Waals surface area contributed by atoms with E-state index in [0.717, 1.165) is 21.7 Å². The van der Waals surface area contributed by atoms with Crippen molar-refractivity contribution in [2.24, 2.45) is 0 Å². The summed E-state index contributed by atoms with van der Waals surface area (Å²) in [6.07, 6.45) is 1.10. The summed E-state index contributed by atoms with van der Waals surface area (Å²) in [7, 11) is -3.60. The predicted molar refractivity (Wildman–Crippen MR) is 97.8 cm³/mol. The van der Waals surface area contributed by atoms with Gasteiger partial charge in [0.2, 0.25) is 15.9 Å². The molecule has 0 unspecified atom stereocenters. The Balaban J connectivity index is 2.31. The SMILES string of the molecule is Cc1cccc(NC(=O)[C@H](C)N(c2ccccc2)S(C)(=O)=O)c1C. The molecule has 0 fully saturated rings. The molecular formula is C18H22N2O3S. The molecule has 0 aliphatic carbocycles. The normalized spacial score (nSPS) is 12.5. The lowest BCUT2D eigenvalue weighted by molar-refractivity contribution is -0.116. The quantitative estimate of drug-likeness (QED) is 0.905. The number of rotatable bonds is 5. The van der Waals surface area contributed by atoms with Crippen molar-refractivity contribution in [1.82, 2.24) is 0 Å². The largest absolute Gasteiger partial charge is 0.324 e. The summed E-state index contributed by atoms with van der Waals surface area (Å²) in [6.45, 7) is 5.46. The molecule has 5 nitrogen and oxygen atoms in total. The van der Waals surface area contributed by atoms with Gasteiger partial charge in [-0.3, -0.25) is 9.10 Å². The summed E-state index contributed by atoms with van der Waals surface area (Å²) < 4.78 is 25.5. The zero-order valence-electron chi connectivity index (χ0n) is 14.3. The topological polar surface area (TPSA) is 66.5 Å². The van der Waals surface area contributed by atoms with E-state index >= 15 is 0 Å². The summed E-state index contributed by atoms with van der Waals surface area (Å²) in [6, 6.07) is 13.4. The van der Waals surface area contributed by atoms with Crippen LogP contribution in [0, 0.1) is 13.8 Å². The Kier molecular flexibility index (Phi) is 5.29. The van der Waals surface area contributed by atoms with Crippen LogP contribution in [0.5, 0.6) is 0 Å². The van der Waals surface area contributed by atoms with Crippen LogP contribution in [-0.2, 0) is 14.8 Å². The summed E-state index contributed by atoms with van der Waals surface area (Å²) >= 11 is 0. The van der Waals surface area contributed by atoms with E-state index in [9.17, 15) is 13.2 Å². The Bertz CT molecular complexity index is 833. The number of para-hydroxylation sites is 1. The second-order valence-electron chi connectivity index (χ2n) is 5.81. The molecule has 2 aromatic carbocycles. The number of aryl methyl sites for hydroxylation is 1. The fourth-order valence-electron chi connectivity index (χ4n) is 2.51. The second-order valence-corrected chi connectivity index (χ2v) is 7.67. The Morgan fingerprint density at radius 3 is 2.25 bits per heavy atom. The third-order valence-corrected chi connectivity index (χ3v) is 5.20. The van der Waals surface area contributed by atoms with Crippen LogP contribution in [0.4, 0.5) is 11.4 Å². The van der Waals surface area contributed by atoms with Gasteiger partial charge in [-0.15, -0.1) is 0 Å². The molecule has 128 valence electrons. The maximum absolute atomic E-state index is 12.6. The van der Waals surface area contributed by atoms with Crippen molar-refractivity contribution in [3.05, 3.63) is 59.7 Å². The lowest BCUT2D eigenvalue weighted by Gasteiger charge is -2.28. The molecule has 2 aromatic rings. The molecule has 0 saturated heterocycles. The van der Waals surface area contributed by atoms with Gasteiger partial charge in [-0.05, 0) is 50.1 Å². The van der Waals surface area contributed by atoms with Gasteiger partial charge in [-0.1, -0.05) is 30.3 Å². The van der Waals surface area contributed by atoms with Gasteiger partial charge < -0.3 is 5.32 Å². The average Bonchev–Trinajstić information content (AvgIpc) is 2.51. The van der Waals surface area contributed by atoms with Crippen LogP contribution in [0.1, 0.15) is 18.1 Å². The molecule has 24 heavy (non-hydrogen) atoms. The van der Waals surface area contributed by atoms with Gasteiger partial charge in [0.25, 0.3) is 0 Å². The third-order valence-electron chi connectivity index (χ3n) is 3.96. The maximum atomic E-state index is 12.6. The van der Waals surface area contributed by atoms with Crippen LogP contribution >= 0.6 is 0 Å². The van der Waals surface area contributed by atoms with Crippen molar-refractivity contribution < 1.29 is 13.2 Å². The molecule has 6 heteroatoms. The van der Waals surface area contributed by atoms with Crippen LogP contribution in [0.2, 0.25) is 0 Å². The average molecular weight is 346 g/mol. The molecule has 0 heterocycles. The van der Waals surface area contributed by atoms with E-state index in [4.69, 9.17) is 0 Å². The minimum absolute atomic E-state index is 0.377. The van der Waals surface area contributed by atoms with Gasteiger partial charge in [0, 0.05) is 5.69 Å². The number of nitrogens with zero attached hydrogens (tertiary/aromatic N) is 1. The lowest BCUT2D eigenvalue weighted by atomic mass is 10.1. The smallest absolute Gasteiger partial charge is 0.248 e. The number of sulfonamides is 1. The molecule has 0 bridgehead atoms. The highest BCUT2D eigenvalue weighted by molar-refractivity contribution is 7.92. The molecule has 0 aliphatic rings. The summed E-state index contributed by atoms with van der Waals surface area (Å²) in [5.74, 6) is -0.377. The first-order valence-electron chi connectivity index (χ1n) is 7.63. The highest BCUT2D eigenvalue weighted by Crippen LogP contribution is 2.22. The van der Waals surface area contributed by atoms with Gasteiger partial charge >= 0.3 is 0 Å². The van der Waals surface area contributed by atoms with E-state index in [2.05, 4.69) is 5.32 Å². The zero-order chi connectivity index (χ0) is 17.9. The minimum Gasteiger partial charge on any atom is -0.324 e. The van der Waals surface area contributed by atoms with Crippen LogP contribution < -0.4 is 9.62 Å². The van der Waals surface area contributed by atoms with Crippen molar-refractivity contribution in [2.75, 3.05) is 15.9 Å². The summed E-state index contributed by atoms with van der Waals surface area (Å²) in [4.78, 5) is 12.6. The Hall–Kier alpha value is -2.34. The molecule has 1 atom stereocenters. The van der Waals surface area contributed by atoms with E-state index in [1.165, 1.54) is 0 Å². The number of hydrogen-bond acceptors (Lipinski definition) is 3. The number of carbonyl (C=O) groups excluding carboxylic acids is 1. The van der Waals surface area contributed by atoms with Gasteiger partial charge in [0.05, 0.1) is 11.9 Å². The van der Waals surface area contributed by atoms with Crippen molar-refractivity contribution >= 4 is 27.3 Å².